The molecule has 2 aromatic rings. The van der Waals surface area contributed by atoms with Gasteiger partial charge in [-0.1, -0.05) is 0 Å². The molecule has 0 radical (unpaired) electrons. The summed E-state index contributed by atoms with van der Waals surface area (Å²) in [5, 5.41) is 19.5. The second-order valence-corrected chi connectivity index (χ2v) is 3.72. The van der Waals surface area contributed by atoms with Crippen LogP contribution in [0.3, 0.4) is 0 Å². The molecule has 0 unspecified atom stereocenters. The van der Waals surface area contributed by atoms with E-state index in [0.29, 0.717) is 0 Å². The Morgan fingerprint density at radius 2 is 2.10 bits per heavy atom. The van der Waals surface area contributed by atoms with E-state index in [1.165, 1.54) is 37.6 Å². The SMILES string of the molecule is COc1cc([N+](=O)[O-])ccc1Oc1nccc(C(=O)O)n1. The molecule has 0 bridgehead atoms. The van der Waals surface area contributed by atoms with Crippen molar-refractivity contribution in [3.8, 4) is 17.5 Å². The van der Waals surface area contributed by atoms with E-state index in [0.717, 1.165) is 0 Å². The van der Waals surface area contributed by atoms with E-state index in [1.54, 1.807) is 0 Å². The molecule has 0 aliphatic rings. The number of ether oxygens (including phenoxy) is 2. The van der Waals surface area contributed by atoms with Gasteiger partial charge in [-0.25, -0.2) is 9.78 Å². The molecule has 1 N–H and O–H groups in total. The molecule has 9 nitrogen and oxygen atoms in total. The fourth-order valence-electron chi connectivity index (χ4n) is 1.46. The molecular weight excluding hydrogens is 282 g/mol. The largest absolute Gasteiger partial charge is 0.493 e. The first-order valence-electron chi connectivity index (χ1n) is 5.58. The zero-order valence-electron chi connectivity index (χ0n) is 10.7. The van der Waals surface area contributed by atoms with Crippen LogP contribution in [-0.4, -0.2) is 33.1 Å². The van der Waals surface area contributed by atoms with Crippen LogP contribution < -0.4 is 9.47 Å². The number of carboxylic acid groups (broad SMARTS) is 1. The summed E-state index contributed by atoms with van der Waals surface area (Å²) >= 11 is 0. The highest BCUT2D eigenvalue weighted by Gasteiger charge is 2.15. The number of methoxy groups -OCH3 is 1. The third-order valence-corrected chi connectivity index (χ3v) is 2.41. The second-order valence-electron chi connectivity index (χ2n) is 3.72. The van der Waals surface area contributed by atoms with Gasteiger partial charge in [0.05, 0.1) is 18.1 Å². The maximum Gasteiger partial charge on any atom is 0.354 e. The van der Waals surface area contributed by atoms with Crippen LogP contribution in [-0.2, 0) is 0 Å². The summed E-state index contributed by atoms with van der Waals surface area (Å²) in [5.41, 5.74) is -0.403. The Labute approximate surface area is 117 Å². The Bertz CT molecular complexity index is 703. The molecule has 9 heteroatoms. The lowest BCUT2D eigenvalue weighted by Gasteiger charge is -2.08. The van der Waals surface area contributed by atoms with Crippen molar-refractivity contribution in [3.05, 3.63) is 46.3 Å². The maximum absolute atomic E-state index is 10.8. The smallest absolute Gasteiger partial charge is 0.354 e. The van der Waals surface area contributed by atoms with Crippen LogP contribution in [0.1, 0.15) is 10.5 Å². The quantitative estimate of drug-likeness (QED) is 0.653. The molecule has 1 heterocycles. The molecule has 108 valence electrons. The first-order chi connectivity index (χ1) is 10.0. The predicted octanol–water partition coefficient (Wildman–Crippen LogP) is 1.88. The van der Waals surface area contributed by atoms with E-state index in [1.807, 2.05) is 0 Å². The van der Waals surface area contributed by atoms with E-state index in [9.17, 15) is 14.9 Å². The first-order valence-corrected chi connectivity index (χ1v) is 5.58. The van der Waals surface area contributed by atoms with E-state index < -0.39 is 10.9 Å². The maximum atomic E-state index is 10.8. The monoisotopic (exact) mass is 291 g/mol. The van der Waals surface area contributed by atoms with Crippen LogP contribution in [0.5, 0.6) is 17.5 Å². The molecule has 21 heavy (non-hydrogen) atoms. The summed E-state index contributed by atoms with van der Waals surface area (Å²) in [7, 11) is 1.32. The molecule has 0 saturated carbocycles. The van der Waals surface area contributed by atoms with Crippen molar-refractivity contribution in [2.45, 2.75) is 0 Å². The van der Waals surface area contributed by atoms with Crippen LogP contribution in [0.2, 0.25) is 0 Å². The number of nitro benzene ring substituents is 1. The average molecular weight is 291 g/mol. The van der Waals surface area contributed by atoms with Gasteiger partial charge in [-0.2, -0.15) is 4.98 Å². The number of hydrogen-bond acceptors (Lipinski definition) is 7. The van der Waals surface area contributed by atoms with Crippen molar-refractivity contribution >= 4 is 11.7 Å². The molecule has 2 rings (SSSR count). The number of aromatic nitrogens is 2. The molecule has 0 spiro atoms. The standard InChI is InChI=1S/C12H9N3O6/c1-20-10-6-7(15(18)19)2-3-9(10)21-12-13-5-4-8(14-12)11(16)17/h2-6H,1H3,(H,16,17). The number of rotatable bonds is 5. The number of carbonyl (C=O) groups is 1. The van der Waals surface area contributed by atoms with Crippen LogP contribution >= 0.6 is 0 Å². The topological polar surface area (TPSA) is 125 Å². The Hall–Kier alpha value is -3.23. The molecule has 0 aliphatic carbocycles. The normalized spacial score (nSPS) is 9.95. The molecule has 0 aliphatic heterocycles. The van der Waals surface area contributed by atoms with Crippen molar-refractivity contribution in [2.75, 3.05) is 7.11 Å². The average Bonchev–Trinajstić information content (AvgIpc) is 2.47. The summed E-state index contributed by atoms with van der Waals surface area (Å²) in [5.74, 6) is -0.989. The Balaban J connectivity index is 2.33. The summed E-state index contributed by atoms with van der Waals surface area (Å²) in [6, 6.07) is 4.72. The molecule has 0 saturated heterocycles. The van der Waals surface area contributed by atoms with Gasteiger partial charge in [0.2, 0.25) is 0 Å². The minimum Gasteiger partial charge on any atom is -0.493 e. The lowest BCUT2D eigenvalue weighted by atomic mass is 10.3. The van der Waals surface area contributed by atoms with E-state index in [2.05, 4.69) is 9.97 Å². The van der Waals surface area contributed by atoms with Crippen molar-refractivity contribution in [1.29, 1.82) is 0 Å². The van der Waals surface area contributed by atoms with Gasteiger partial charge in [0.1, 0.15) is 0 Å². The van der Waals surface area contributed by atoms with Gasteiger partial charge in [-0.3, -0.25) is 10.1 Å². The zero-order chi connectivity index (χ0) is 15.4. The van der Waals surface area contributed by atoms with Gasteiger partial charge in [-0.15, -0.1) is 0 Å². The Morgan fingerprint density at radius 3 is 2.71 bits per heavy atom. The summed E-state index contributed by atoms with van der Waals surface area (Å²) < 4.78 is 10.3. The number of benzene rings is 1. The number of nitro groups is 1. The van der Waals surface area contributed by atoms with Gasteiger partial charge in [0, 0.05) is 12.3 Å². The third-order valence-electron chi connectivity index (χ3n) is 2.41. The predicted molar refractivity (Wildman–Crippen MR) is 68.7 cm³/mol. The molecule has 1 aromatic carbocycles. The number of nitrogens with zero attached hydrogens (tertiary/aromatic N) is 3. The van der Waals surface area contributed by atoms with Crippen molar-refractivity contribution < 1.29 is 24.3 Å². The summed E-state index contributed by atoms with van der Waals surface area (Å²) in [4.78, 5) is 28.3. The molecule has 0 fully saturated rings. The minimum absolute atomic E-state index is 0.105. The Morgan fingerprint density at radius 1 is 1.33 bits per heavy atom. The van der Waals surface area contributed by atoms with Gasteiger partial charge >= 0.3 is 12.0 Å². The van der Waals surface area contributed by atoms with Gasteiger partial charge in [0.15, 0.2) is 17.2 Å². The van der Waals surface area contributed by atoms with Crippen LogP contribution in [0.4, 0.5) is 5.69 Å². The fourth-order valence-corrected chi connectivity index (χ4v) is 1.46. The number of non-ortho nitro benzene ring substituents is 1. The second kappa shape index (κ2) is 5.82. The van der Waals surface area contributed by atoms with Gasteiger partial charge in [0.25, 0.3) is 5.69 Å². The summed E-state index contributed by atoms with van der Waals surface area (Å²) in [6.07, 6.45) is 1.23. The molecule has 0 atom stereocenters. The minimum atomic E-state index is -1.22. The lowest BCUT2D eigenvalue weighted by molar-refractivity contribution is -0.384. The van der Waals surface area contributed by atoms with Crippen molar-refractivity contribution in [2.24, 2.45) is 0 Å². The highest BCUT2D eigenvalue weighted by molar-refractivity contribution is 5.85. The molecule has 1 aromatic heterocycles. The third kappa shape index (κ3) is 3.21. The lowest BCUT2D eigenvalue weighted by Crippen LogP contribution is -2.03. The van der Waals surface area contributed by atoms with E-state index >= 15 is 0 Å². The van der Waals surface area contributed by atoms with Gasteiger partial charge in [-0.05, 0) is 12.1 Å². The fraction of sp³-hybridized carbons (Fsp3) is 0.0833. The van der Waals surface area contributed by atoms with Crippen LogP contribution in [0.25, 0.3) is 0 Å². The molecule has 0 amide bonds. The zero-order valence-corrected chi connectivity index (χ0v) is 10.7. The summed E-state index contributed by atoms with van der Waals surface area (Å²) in [6.45, 7) is 0. The van der Waals surface area contributed by atoms with Gasteiger partial charge < -0.3 is 14.6 Å². The first kappa shape index (κ1) is 14.2. The Kier molecular flexibility index (Phi) is 3.93. The van der Waals surface area contributed by atoms with Crippen molar-refractivity contribution in [1.82, 2.24) is 9.97 Å². The number of carboxylic acids is 1. The van der Waals surface area contributed by atoms with E-state index in [4.69, 9.17) is 14.6 Å². The highest BCUT2D eigenvalue weighted by atomic mass is 16.6. The highest BCUT2D eigenvalue weighted by Crippen LogP contribution is 2.33. The van der Waals surface area contributed by atoms with Crippen LogP contribution in [0.15, 0.2) is 30.5 Å². The molecular formula is C12H9N3O6. The number of hydrogen-bond donors (Lipinski definition) is 1. The van der Waals surface area contributed by atoms with Crippen molar-refractivity contribution in [3.63, 3.8) is 0 Å². The van der Waals surface area contributed by atoms with E-state index in [-0.39, 0.29) is 28.9 Å². The van der Waals surface area contributed by atoms with Crippen LogP contribution in [0, 0.1) is 10.1 Å². The number of aromatic carboxylic acids is 1.